The molecular weight excluding hydrogens is 478 g/mol. The van der Waals surface area contributed by atoms with E-state index in [0.717, 1.165) is 61.0 Å². The second-order valence-electron chi connectivity index (χ2n) is 10.4. The van der Waals surface area contributed by atoms with Gasteiger partial charge in [0.1, 0.15) is 18.4 Å². The molecule has 1 N–H and O–H groups in total. The zero-order chi connectivity index (χ0) is 26.3. The lowest BCUT2D eigenvalue weighted by Gasteiger charge is -2.25. The number of benzene rings is 2. The van der Waals surface area contributed by atoms with Crippen LogP contribution in [0.4, 0.5) is 0 Å². The van der Waals surface area contributed by atoms with Gasteiger partial charge in [0.05, 0.1) is 13.2 Å². The Kier molecular flexibility index (Phi) is 8.41. The number of aromatic nitrogens is 2. The Morgan fingerprint density at radius 1 is 0.947 bits per heavy atom. The zero-order valence-corrected chi connectivity index (χ0v) is 22.2. The molecule has 200 valence electrons. The average Bonchev–Trinajstić information content (AvgIpc) is 3.37. The molecule has 2 aliphatic carbocycles. The largest absolute Gasteiger partial charge is 0.489 e. The topological polar surface area (TPSA) is 82.4 Å². The highest BCUT2D eigenvalue weighted by molar-refractivity contribution is 5.96. The third-order valence-electron chi connectivity index (χ3n) is 7.75. The van der Waals surface area contributed by atoms with E-state index in [-0.39, 0.29) is 5.91 Å². The van der Waals surface area contributed by atoms with Crippen molar-refractivity contribution in [1.29, 1.82) is 0 Å². The van der Waals surface area contributed by atoms with Crippen molar-refractivity contribution >= 4 is 11.9 Å². The number of methoxy groups -OCH3 is 1. The van der Waals surface area contributed by atoms with Gasteiger partial charge in [0.25, 0.3) is 5.91 Å². The maximum Gasteiger partial charge on any atom is 0.328 e. The summed E-state index contributed by atoms with van der Waals surface area (Å²) < 4.78 is 13.1. The van der Waals surface area contributed by atoms with Crippen molar-refractivity contribution in [3.63, 3.8) is 0 Å². The van der Waals surface area contributed by atoms with Crippen LogP contribution in [0.5, 0.6) is 5.75 Å². The van der Waals surface area contributed by atoms with Gasteiger partial charge in [0, 0.05) is 17.7 Å². The number of amides is 1. The first-order valence-electron chi connectivity index (χ1n) is 13.9. The van der Waals surface area contributed by atoms with Gasteiger partial charge in [-0.25, -0.2) is 4.79 Å². The van der Waals surface area contributed by atoms with Gasteiger partial charge < -0.3 is 14.8 Å². The van der Waals surface area contributed by atoms with Crippen LogP contribution in [0.2, 0.25) is 0 Å². The lowest BCUT2D eigenvalue weighted by molar-refractivity contribution is -0.142. The molecule has 3 aromatic rings. The standard InChI is InChI=1S/C31H37N3O4/c1-37-31(36)27(20-22-16-18-25(19-17-22)38-21-23-10-4-2-5-11-23)32-30(35)29-26-14-8-9-15-28(26)34(33-29)24-12-6-3-7-13-24/h2,4-5,10-11,16-19,24,27H,3,6-9,12-15,20-21H2,1H3,(H,32,35). The van der Waals surface area contributed by atoms with E-state index < -0.39 is 12.0 Å². The molecule has 1 aromatic heterocycles. The van der Waals surface area contributed by atoms with Gasteiger partial charge in [-0.15, -0.1) is 0 Å². The first-order chi connectivity index (χ1) is 18.6. The summed E-state index contributed by atoms with van der Waals surface area (Å²) in [6, 6.07) is 17.2. The Bertz CT molecular complexity index is 1230. The number of nitrogens with one attached hydrogen (secondary N) is 1. The van der Waals surface area contributed by atoms with Crippen LogP contribution in [0.3, 0.4) is 0 Å². The molecular formula is C31H37N3O4. The van der Waals surface area contributed by atoms with Gasteiger partial charge in [0.15, 0.2) is 5.69 Å². The van der Waals surface area contributed by atoms with Crippen LogP contribution in [-0.4, -0.2) is 34.8 Å². The van der Waals surface area contributed by atoms with Crippen LogP contribution >= 0.6 is 0 Å². The van der Waals surface area contributed by atoms with E-state index in [9.17, 15) is 9.59 Å². The predicted octanol–water partition coefficient (Wildman–Crippen LogP) is 5.36. The van der Waals surface area contributed by atoms with Crippen LogP contribution in [0.1, 0.15) is 83.9 Å². The molecule has 0 aliphatic heterocycles. The SMILES string of the molecule is COC(=O)C(Cc1ccc(OCc2ccccc2)cc1)NC(=O)c1nn(C2CCCCC2)c2c1CCCC2. The fraction of sp³-hybridized carbons (Fsp3) is 0.452. The minimum atomic E-state index is -0.803. The highest BCUT2D eigenvalue weighted by Crippen LogP contribution is 2.33. The summed E-state index contributed by atoms with van der Waals surface area (Å²) in [5, 5.41) is 7.79. The lowest BCUT2D eigenvalue weighted by Crippen LogP contribution is -2.43. The molecule has 7 nitrogen and oxygen atoms in total. The minimum absolute atomic E-state index is 0.295. The predicted molar refractivity (Wildman–Crippen MR) is 145 cm³/mol. The third-order valence-corrected chi connectivity index (χ3v) is 7.75. The molecule has 38 heavy (non-hydrogen) atoms. The first kappa shape index (κ1) is 26.0. The number of rotatable bonds is 9. The van der Waals surface area contributed by atoms with E-state index in [1.54, 1.807) is 0 Å². The Morgan fingerprint density at radius 2 is 1.68 bits per heavy atom. The number of fused-ring (bicyclic) bond motifs is 1. The molecule has 1 fully saturated rings. The number of ether oxygens (including phenoxy) is 2. The number of nitrogens with zero attached hydrogens (tertiary/aromatic N) is 2. The van der Waals surface area contributed by atoms with Gasteiger partial charge in [-0.05, 0) is 61.8 Å². The second kappa shape index (κ2) is 12.3. The molecule has 1 unspecified atom stereocenters. The summed E-state index contributed by atoms with van der Waals surface area (Å²) in [4.78, 5) is 26.2. The number of hydrogen-bond acceptors (Lipinski definition) is 5. The number of carbonyl (C=O) groups excluding carboxylic acids is 2. The number of hydrogen-bond donors (Lipinski definition) is 1. The fourth-order valence-corrected chi connectivity index (χ4v) is 5.70. The van der Waals surface area contributed by atoms with Crippen LogP contribution in [0.15, 0.2) is 54.6 Å². The van der Waals surface area contributed by atoms with Gasteiger partial charge in [-0.2, -0.15) is 5.10 Å². The molecule has 1 heterocycles. The normalized spacial score (nSPS) is 16.3. The molecule has 2 aliphatic rings. The van der Waals surface area contributed by atoms with E-state index in [4.69, 9.17) is 14.6 Å². The van der Waals surface area contributed by atoms with Crippen molar-refractivity contribution in [2.45, 2.75) is 82.9 Å². The smallest absolute Gasteiger partial charge is 0.328 e. The van der Waals surface area contributed by atoms with E-state index in [1.807, 2.05) is 54.6 Å². The summed E-state index contributed by atoms with van der Waals surface area (Å²) in [5.74, 6) is -0.0182. The molecule has 7 heteroatoms. The average molecular weight is 516 g/mol. The monoisotopic (exact) mass is 515 g/mol. The quantitative estimate of drug-likeness (QED) is 0.388. The first-order valence-corrected chi connectivity index (χ1v) is 13.9. The summed E-state index contributed by atoms with van der Waals surface area (Å²) in [7, 11) is 1.35. The van der Waals surface area contributed by atoms with Crippen LogP contribution < -0.4 is 10.1 Å². The van der Waals surface area contributed by atoms with Crippen LogP contribution in [0.25, 0.3) is 0 Å². The Hall–Kier alpha value is -3.61. The van der Waals surface area contributed by atoms with Crippen molar-refractivity contribution in [3.05, 3.63) is 82.7 Å². The fourth-order valence-electron chi connectivity index (χ4n) is 5.70. The highest BCUT2D eigenvalue weighted by Gasteiger charge is 2.31. The van der Waals surface area contributed by atoms with Gasteiger partial charge >= 0.3 is 5.97 Å². The zero-order valence-electron chi connectivity index (χ0n) is 22.2. The molecule has 0 bridgehead atoms. The molecule has 0 saturated heterocycles. The van der Waals surface area contributed by atoms with Crippen molar-refractivity contribution in [2.75, 3.05) is 7.11 Å². The number of carbonyl (C=O) groups is 2. The van der Waals surface area contributed by atoms with Crippen molar-refractivity contribution in [2.24, 2.45) is 0 Å². The van der Waals surface area contributed by atoms with Crippen LogP contribution in [0, 0.1) is 0 Å². The maximum atomic E-state index is 13.5. The molecule has 2 aromatic carbocycles. The van der Waals surface area contributed by atoms with E-state index in [1.165, 1.54) is 32.1 Å². The molecule has 1 atom stereocenters. The van der Waals surface area contributed by atoms with Gasteiger partial charge in [0.2, 0.25) is 0 Å². The van der Waals surface area contributed by atoms with Crippen molar-refractivity contribution in [3.8, 4) is 5.75 Å². The van der Waals surface area contributed by atoms with Gasteiger partial charge in [-0.1, -0.05) is 61.7 Å². The Morgan fingerprint density at radius 3 is 2.42 bits per heavy atom. The summed E-state index contributed by atoms with van der Waals surface area (Å²) in [6.45, 7) is 0.485. The number of esters is 1. The lowest BCUT2D eigenvalue weighted by atomic mass is 9.92. The van der Waals surface area contributed by atoms with E-state index in [0.29, 0.717) is 24.8 Å². The van der Waals surface area contributed by atoms with Crippen LogP contribution in [-0.2, 0) is 35.4 Å². The van der Waals surface area contributed by atoms with Gasteiger partial charge in [-0.3, -0.25) is 9.48 Å². The molecule has 5 rings (SSSR count). The van der Waals surface area contributed by atoms with Crippen molar-refractivity contribution in [1.82, 2.24) is 15.1 Å². The maximum absolute atomic E-state index is 13.5. The molecule has 1 amide bonds. The van der Waals surface area contributed by atoms with E-state index in [2.05, 4.69) is 10.00 Å². The molecule has 0 spiro atoms. The Balaban J connectivity index is 1.28. The summed E-state index contributed by atoms with van der Waals surface area (Å²) >= 11 is 0. The molecule has 1 saturated carbocycles. The summed E-state index contributed by atoms with van der Waals surface area (Å²) in [5.41, 5.74) is 4.75. The third kappa shape index (κ3) is 6.09. The van der Waals surface area contributed by atoms with Crippen molar-refractivity contribution < 1.29 is 19.1 Å². The summed E-state index contributed by atoms with van der Waals surface area (Å²) in [6.07, 6.45) is 10.3. The highest BCUT2D eigenvalue weighted by atomic mass is 16.5. The minimum Gasteiger partial charge on any atom is -0.489 e. The molecule has 0 radical (unpaired) electrons. The van der Waals surface area contributed by atoms with E-state index >= 15 is 0 Å². The Labute approximate surface area is 224 Å². The second-order valence-corrected chi connectivity index (χ2v) is 10.4.